The molecule has 0 saturated heterocycles. The molecule has 20 heavy (non-hydrogen) atoms. The lowest BCUT2D eigenvalue weighted by atomic mass is 10.1. The zero-order valence-corrected chi connectivity index (χ0v) is 12.5. The van der Waals surface area contributed by atoms with Crippen LogP contribution in [0.15, 0.2) is 29.3 Å². The van der Waals surface area contributed by atoms with Crippen LogP contribution in [-0.4, -0.2) is 4.98 Å². The van der Waals surface area contributed by atoms with E-state index in [0.29, 0.717) is 17.0 Å². The highest BCUT2D eigenvalue weighted by atomic mass is 32.1. The van der Waals surface area contributed by atoms with Crippen molar-refractivity contribution in [1.29, 1.82) is 5.26 Å². The van der Waals surface area contributed by atoms with Gasteiger partial charge in [-0.2, -0.15) is 5.26 Å². The van der Waals surface area contributed by atoms with Gasteiger partial charge in [0.25, 0.3) is 0 Å². The monoisotopic (exact) mass is 284 g/mol. The van der Waals surface area contributed by atoms with Crippen molar-refractivity contribution in [2.75, 3.05) is 5.32 Å². The summed E-state index contributed by atoms with van der Waals surface area (Å²) in [5.41, 5.74) is 10.7. The van der Waals surface area contributed by atoms with Crippen molar-refractivity contribution in [2.24, 2.45) is 5.73 Å². The first kappa shape index (κ1) is 14.1. The molecule has 0 amide bonds. The van der Waals surface area contributed by atoms with Crippen LogP contribution in [0.25, 0.3) is 5.57 Å². The summed E-state index contributed by atoms with van der Waals surface area (Å²) in [5.74, 6) is 0. The van der Waals surface area contributed by atoms with Gasteiger partial charge in [-0.05, 0) is 44.0 Å². The van der Waals surface area contributed by atoms with Crippen LogP contribution in [0.5, 0.6) is 0 Å². The summed E-state index contributed by atoms with van der Waals surface area (Å²) < 4.78 is 0. The van der Waals surface area contributed by atoms with E-state index in [9.17, 15) is 0 Å². The lowest BCUT2D eigenvalue weighted by Gasteiger charge is -2.05. The van der Waals surface area contributed by atoms with Crippen molar-refractivity contribution < 1.29 is 0 Å². The van der Waals surface area contributed by atoms with Gasteiger partial charge in [0.1, 0.15) is 6.07 Å². The van der Waals surface area contributed by atoms with Gasteiger partial charge in [-0.1, -0.05) is 6.07 Å². The summed E-state index contributed by atoms with van der Waals surface area (Å²) in [5, 5.41) is 14.9. The highest BCUT2D eigenvalue weighted by molar-refractivity contribution is 7.13. The molecule has 1 aromatic heterocycles. The molecule has 1 heterocycles. The molecule has 0 unspecified atom stereocenters. The molecule has 0 aliphatic rings. The number of aromatic nitrogens is 1. The molecule has 0 aliphatic heterocycles. The van der Waals surface area contributed by atoms with E-state index in [-0.39, 0.29) is 0 Å². The third kappa shape index (κ3) is 2.98. The standard InChI is InChI=1S/C15H16N4S/c1-9-4-5-12(6-10(9)2)18-15-19-14(8-20-15)13(7-16)11(3)17/h4-6,8H,17H2,1-3H3,(H,18,19). The maximum absolute atomic E-state index is 9.07. The summed E-state index contributed by atoms with van der Waals surface area (Å²) >= 11 is 1.45. The van der Waals surface area contributed by atoms with Gasteiger partial charge in [0, 0.05) is 16.8 Å². The van der Waals surface area contributed by atoms with Crippen LogP contribution in [-0.2, 0) is 0 Å². The molecule has 1 aromatic carbocycles. The summed E-state index contributed by atoms with van der Waals surface area (Å²) in [7, 11) is 0. The number of hydrogen-bond acceptors (Lipinski definition) is 5. The van der Waals surface area contributed by atoms with Crippen LogP contribution in [0, 0.1) is 25.2 Å². The van der Waals surface area contributed by atoms with Crippen molar-refractivity contribution >= 4 is 27.7 Å². The van der Waals surface area contributed by atoms with E-state index in [1.165, 1.54) is 22.5 Å². The Morgan fingerprint density at radius 3 is 2.70 bits per heavy atom. The number of rotatable bonds is 3. The van der Waals surface area contributed by atoms with E-state index in [0.717, 1.165) is 10.8 Å². The molecule has 0 radical (unpaired) electrons. The van der Waals surface area contributed by atoms with Crippen LogP contribution in [0.1, 0.15) is 23.7 Å². The molecule has 0 spiro atoms. The summed E-state index contributed by atoms with van der Waals surface area (Å²) in [6.45, 7) is 5.85. The van der Waals surface area contributed by atoms with Crippen LogP contribution in [0.4, 0.5) is 10.8 Å². The molecule has 0 aliphatic carbocycles. The number of aryl methyl sites for hydroxylation is 2. The second-order valence-corrected chi connectivity index (χ2v) is 5.49. The number of thiazole rings is 1. The van der Waals surface area contributed by atoms with E-state index in [4.69, 9.17) is 11.0 Å². The topological polar surface area (TPSA) is 74.7 Å². The largest absolute Gasteiger partial charge is 0.401 e. The van der Waals surface area contributed by atoms with Crippen LogP contribution in [0.2, 0.25) is 0 Å². The third-order valence-electron chi connectivity index (χ3n) is 3.02. The Hall–Kier alpha value is -2.32. The SMILES string of the molecule is CC(N)=C(C#N)c1csc(Nc2ccc(C)c(C)c2)n1. The number of anilines is 2. The number of nitrogens with one attached hydrogen (secondary N) is 1. The normalized spacial score (nSPS) is 11.7. The lowest BCUT2D eigenvalue weighted by Crippen LogP contribution is -1.97. The fraction of sp³-hybridized carbons (Fsp3) is 0.200. The zero-order chi connectivity index (χ0) is 14.7. The molecule has 102 valence electrons. The van der Waals surface area contributed by atoms with E-state index >= 15 is 0 Å². The third-order valence-corrected chi connectivity index (χ3v) is 3.78. The minimum absolute atomic E-state index is 0.425. The number of nitriles is 1. The molecule has 3 N–H and O–H groups in total. The van der Waals surface area contributed by atoms with Gasteiger partial charge in [-0.15, -0.1) is 11.3 Å². The fourth-order valence-corrected chi connectivity index (χ4v) is 2.46. The van der Waals surface area contributed by atoms with Crippen LogP contribution in [0.3, 0.4) is 0 Å². The summed E-state index contributed by atoms with van der Waals surface area (Å²) in [6.07, 6.45) is 0. The van der Waals surface area contributed by atoms with Gasteiger partial charge in [0.15, 0.2) is 5.13 Å². The van der Waals surface area contributed by atoms with E-state index in [2.05, 4.69) is 42.4 Å². The first-order valence-corrected chi connectivity index (χ1v) is 7.06. The molecule has 2 aromatic rings. The van der Waals surface area contributed by atoms with Gasteiger partial charge in [0.05, 0.1) is 11.3 Å². The predicted molar refractivity (Wildman–Crippen MR) is 83.7 cm³/mol. The van der Waals surface area contributed by atoms with Crippen LogP contribution < -0.4 is 11.1 Å². The quantitative estimate of drug-likeness (QED) is 0.842. The van der Waals surface area contributed by atoms with Crippen molar-refractivity contribution in [3.05, 3.63) is 46.1 Å². The van der Waals surface area contributed by atoms with Gasteiger partial charge in [-0.3, -0.25) is 0 Å². The van der Waals surface area contributed by atoms with Crippen molar-refractivity contribution in [1.82, 2.24) is 4.98 Å². The molecule has 2 rings (SSSR count). The predicted octanol–water partition coefficient (Wildman–Crippen LogP) is 3.72. The van der Waals surface area contributed by atoms with Crippen molar-refractivity contribution in [3.63, 3.8) is 0 Å². The van der Waals surface area contributed by atoms with E-state index < -0.39 is 0 Å². The maximum Gasteiger partial charge on any atom is 0.187 e. The molecule has 0 atom stereocenters. The Balaban J connectivity index is 2.24. The number of hydrogen-bond donors (Lipinski definition) is 2. The molecule has 0 fully saturated rings. The second-order valence-electron chi connectivity index (χ2n) is 4.63. The van der Waals surface area contributed by atoms with Crippen molar-refractivity contribution in [2.45, 2.75) is 20.8 Å². The number of nitrogens with two attached hydrogens (primary N) is 1. The van der Waals surface area contributed by atoms with Gasteiger partial charge >= 0.3 is 0 Å². The second kappa shape index (κ2) is 5.76. The smallest absolute Gasteiger partial charge is 0.187 e. The van der Waals surface area contributed by atoms with E-state index in [1.54, 1.807) is 6.92 Å². The number of benzene rings is 1. The Morgan fingerprint density at radius 1 is 1.35 bits per heavy atom. The maximum atomic E-state index is 9.07. The number of allylic oxidation sites excluding steroid dienone is 2. The first-order chi connectivity index (χ1) is 9.51. The minimum atomic E-state index is 0.425. The van der Waals surface area contributed by atoms with Gasteiger partial charge in [-0.25, -0.2) is 4.98 Å². The minimum Gasteiger partial charge on any atom is -0.401 e. The summed E-state index contributed by atoms with van der Waals surface area (Å²) in [4.78, 5) is 4.40. The Labute approximate surface area is 122 Å². The Morgan fingerprint density at radius 2 is 2.10 bits per heavy atom. The molecular weight excluding hydrogens is 268 g/mol. The zero-order valence-electron chi connectivity index (χ0n) is 11.7. The van der Waals surface area contributed by atoms with Crippen LogP contribution >= 0.6 is 11.3 Å². The number of nitrogens with zero attached hydrogens (tertiary/aromatic N) is 2. The Bertz CT molecular complexity index is 703. The summed E-state index contributed by atoms with van der Waals surface area (Å²) in [6, 6.07) is 8.24. The average Bonchev–Trinajstić information content (AvgIpc) is 2.82. The highest BCUT2D eigenvalue weighted by Crippen LogP contribution is 2.26. The first-order valence-electron chi connectivity index (χ1n) is 6.18. The Kier molecular flexibility index (Phi) is 4.06. The lowest BCUT2D eigenvalue weighted by molar-refractivity contribution is 1.27. The van der Waals surface area contributed by atoms with Gasteiger partial charge < -0.3 is 11.1 Å². The van der Waals surface area contributed by atoms with E-state index in [1.807, 2.05) is 11.4 Å². The highest BCUT2D eigenvalue weighted by Gasteiger charge is 2.09. The molecule has 0 saturated carbocycles. The fourth-order valence-electron chi connectivity index (χ4n) is 1.74. The average molecular weight is 284 g/mol. The van der Waals surface area contributed by atoms with Crippen molar-refractivity contribution in [3.8, 4) is 6.07 Å². The van der Waals surface area contributed by atoms with Gasteiger partial charge in [0.2, 0.25) is 0 Å². The molecule has 4 nitrogen and oxygen atoms in total. The molecule has 5 heteroatoms. The molecular formula is C15H16N4S. The molecule has 0 bridgehead atoms.